The average molecular weight is 220 g/mol. The van der Waals surface area contributed by atoms with Gasteiger partial charge in [-0.25, -0.2) is 4.79 Å². The standard InChI is InChI=1S/C7H6O4.Zn/c8-5-3-1-2-4(6(5)9)7(10)11;/h1-3,8-9H,(H,10,11);. The van der Waals surface area contributed by atoms with Crippen molar-refractivity contribution in [2.45, 2.75) is 0 Å². The maximum atomic E-state index is 10.3. The van der Waals surface area contributed by atoms with Crippen LogP contribution in [0.1, 0.15) is 10.4 Å². The Balaban J connectivity index is 0.00000121. The molecule has 0 fully saturated rings. The van der Waals surface area contributed by atoms with Crippen LogP contribution in [0.15, 0.2) is 18.2 Å². The van der Waals surface area contributed by atoms with E-state index in [4.69, 9.17) is 15.3 Å². The Morgan fingerprint density at radius 2 is 1.83 bits per heavy atom. The van der Waals surface area contributed by atoms with Crippen LogP contribution < -0.4 is 0 Å². The van der Waals surface area contributed by atoms with Crippen molar-refractivity contribution in [2.75, 3.05) is 0 Å². The van der Waals surface area contributed by atoms with Crippen LogP contribution >= 0.6 is 0 Å². The van der Waals surface area contributed by atoms with Gasteiger partial charge in [0, 0.05) is 19.5 Å². The second-order valence-electron chi connectivity index (χ2n) is 1.98. The van der Waals surface area contributed by atoms with Crippen molar-refractivity contribution in [1.82, 2.24) is 0 Å². The molecule has 12 heavy (non-hydrogen) atoms. The molecular formula is C7H6O4Zn. The van der Waals surface area contributed by atoms with Gasteiger partial charge in [-0.1, -0.05) is 6.07 Å². The van der Waals surface area contributed by atoms with E-state index in [0.29, 0.717) is 0 Å². The summed E-state index contributed by atoms with van der Waals surface area (Å²) in [6.45, 7) is 0. The predicted octanol–water partition coefficient (Wildman–Crippen LogP) is 0.793. The molecule has 0 aliphatic carbocycles. The first-order valence-electron chi connectivity index (χ1n) is 2.87. The summed E-state index contributed by atoms with van der Waals surface area (Å²) >= 11 is 0. The molecule has 5 heteroatoms. The number of aromatic hydroxyl groups is 2. The van der Waals surface area contributed by atoms with E-state index in [1.165, 1.54) is 18.2 Å². The third kappa shape index (κ3) is 1.95. The number of rotatable bonds is 1. The molecule has 3 N–H and O–H groups in total. The Morgan fingerprint density at radius 1 is 1.25 bits per heavy atom. The van der Waals surface area contributed by atoms with Crippen LogP contribution in [0.25, 0.3) is 0 Å². The van der Waals surface area contributed by atoms with Gasteiger partial charge in [0.05, 0.1) is 0 Å². The van der Waals surface area contributed by atoms with Gasteiger partial charge in [-0.2, -0.15) is 0 Å². The SMILES string of the molecule is O=C(O)c1cccc(O)c1O.[Zn]. The largest absolute Gasteiger partial charge is 0.504 e. The van der Waals surface area contributed by atoms with Crippen molar-refractivity contribution >= 4 is 5.97 Å². The second-order valence-corrected chi connectivity index (χ2v) is 1.98. The van der Waals surface area contributed by atoms with Crippen molar-refractivity contribution in [2.24, 2.45) is 0 Å². The zero-order valence-corrected chi connectivity index (χ0v) is 9.16. The first kappa shape index (κ1) is 10.9. The van der Waals surface area contributed by atoms with E-state index in [-0.39, 0.29) is 25.0 Å². The number of hydrogen-bond donors (Lipinski definition) is 3. The minimum absolute atomic E-state index is 0. The third-order valence-corrected chi connectivity index (χ3v) is 1.25. The van der Waals surface area contributed by atoms with Gasteiger partial charge < -0.3 is 15.3 Å². The van der Waals surface area contributed by atoms with Gasteiger partial charge in [0.2, 0.25) is 0 Å². The normalized spacial score (nSPS) is 8.67. The fraction of sp³-hybridized carbons (Fsp3) is 0. The number of benzene rings is 1. The van der Waals surface area contributed by atoms with Gasteiger partial charge in [-0.15, -0.1) is 0 Å². The van der Waals surface area contributed by atoms with Gasteiger partial charge in [0.25, 0.3) is 0 Å². The summed E-state index contributed by atoms with van der Waals surface area (Å²) in [5.41, 5.74) is -0.301. The van der Waals surface area contributed by atoms with Crippen LogP contribution in [0.5, 0.6) is 11.5 Å². The monoisotopic (exact) mass is 218 g/mol. The minimum atomic E-state index is -1.27. The molecule has 0 aliphatic heterocycles. The summed E-state index contributed by atoms with van der Waals surface area (Å²) in [4.78, 5) is 10.3. The number of aromatic carboxylic acids is 1. The number of carboxylic acid groups (broad SMARTS) is 1. The van der Waals surface area contributed by atoms with E-state index in [0.717, 1.165) is 0 Å². The first-order valence-corrected chi connectivity index (χ1v) is 2.87. The Kier molecular flexibility index (Phi) is 3.70. The zero-order valence-electron chi connectivity index (χ0n) is 6.19. The van der Waals surface area contributed by atoms with Crippen molar-refractivity contribution in [3.05, 3.63) is 23.8 Å². The molecule has 0 bridgehead atoms. The Bertz CT molecular complexity index is 297. The molecule has 4 nitrogen and oxygen atoms in total. The summed E-state index contributed by atoms with van der Waals surface area (Å²) in [7, 11) is 0. The van der Waals surface area contributed by atoms with Gasteiger partial charge in [0.1, 0.15) is 5.56 Å². The molecule has 0 spiro atoms. The number of phenols is 2. The van der Waals surface area contributed by atoms with Crippen LogP contribution in [0, 0.1) is 0 Å². The number of phenolic OH excluding ortho intramolecular Hbond substituents is 1. The average Bonchev–Trinajstić information content (AvgIpc) is 1.94. The molecular weight excluding hydrogens is 213 g/mol. The molecule has 0 aromatic heterocycles. The van der Waals surface area contributed by atoms with E-state index < -0.39 is 17.5 Å². The van der Waals surface area contributed by atoms with E-state index in [9.17, 15) is 4.79 Å². The van der Waals surface area contributed by atoms with Gasteiger partial charge in [-0.3, -0.25) is 0 Å². The topological polar surface area (TPSA) is 77.8 Å². The Hall–Kier alpha value is -1.09. The molecule has 60 valence electrons. The molecule has 0 amide bonds. The van der Waals surface area contributed by atoms with E-state index in [1.54, 1.807) is 0 Å². The second kappa shape index (κ2) is 4.07. The van der Waals surface area contributed by atoms with Crippen molar-refractivity contribution < 1.29 is 39.6 Å². The Labute approximate surface area is 81.2 Å². The molecule has 0 radical (unpaired) electrons. The molecule has 0 saturated carbocycles. The van der Waals surface area contributed by atoms with E-state index >= 15 is 0 Å². The van der Waals surface area contributed by atoms with E-state index in [2.05, 4.69) is 0 Å². The van der Waals surface area contributed by atoms with Gasteiger partial charge >= 0.3 is 5.97 Å². The molecule has 0 unspecified atom stereocenters. The number of carbonyl (C=O) groups is 1. The van der Waals surface area contributed by atoms with Crippen LogP contribution in [-0.2, 0) is 19.5 Å². The van der Waals surface area contributed by atoms with Crippen molar-refractivity contribution in [1.29, 1.82) is 0 Å². The first-order chi connectivity index (χ1) is 5.13. The number of hydrogen-bond acceptors (Lipinski definition) is 3. The molecule has 1 aromatic carbocycles. The Morgan fingerprint density at radius 3 is 2.25 bits per heavy atom. The molecule has 0 atom stereocenters. The minimum Gasteiger partial charge on any atom is -0.504 e. The fourth-order valence-electron chi connectivity index (χ4n) is 0.704. The summed E-state index contributed by atoms with van der Waals surface area (Å²) in [5.74, 6) is -2.29. The van der Waals surface area contributed by atoms with Gasteiger partial charge in [-0.05, 0) is 12.1 Å². The summed E-state index contributed by atoms with van der Waals surface area (Å²) in [5, 5.41) is 26.2. The van der Waals surface area contributed by atoms with Crippen LogP contribution in [-0.4, -0.2) is 21.3 Å². The molecule has 0 aliphatic rings. The quantitative estimate of drug-likeness (QED) is 0.482. The van der Waals surface area contributed by atoms with Gasteiger partial charge in [0.15, 0.2) is 11.5 Å². The van der Waals surface area contributed by atoms with Crippen LogP contribution in [0.4, 0.5) is 0 Å². The molecule has 1 aromatic rings. The summed E-state index contributed by atoms with van der Waals surface area (Å²) in [6.07, 6.45) is 0. The predicted molar refractivity (Wildman–Crippen MR) is 36.7 cm³/mol. The molecule has 0 saturated heterocycles. The zero-order chi connectivity index (χ0) is 8.43. The van der Waals surface area contributed by atoms with Crippen LogP contribution in [0.2, 0.25) is 0 Å². The van der Waals surface area contributed by atoms with E-state index in [1.807, 2.05) is 0 Å². The number of carboxylic acids is 1. The van der Waals surface area contributed by atoms with Crippen molar-refractivity contribution in [3.8, 4) is 11.5 Å². The summed E-state index contributed by atoms with van der Waals surface area (Å²) < 4.78 is 0. The maximum Gasteiger partial charge on any atom is 0.339 e. The fourth-order valence-corrected chi connectivity index (χ4v) is 0.704. The number of para-hydroxylation sites is 1. The summed E-state index contributed by atoms with van der Waals surface area (Å²) in [6, 6.07) is 3.76. The molecule has 1 rings (SSSR count). The third-order valence-electron chi connectivity index (χ3n) is 1.25. The van der Waals surface area contributed by atoms with Crippen molar-refractivity contribution in [3.63, 3.8) is 0 Å². The smallest absolute Gasteiger partial charge is 0.339 e. The molecule has 0 heterocycles. The maximum absolute atomic E-state index is 10.3. The van der Waals surface area contributed by atoms with Crippen LogP contribution in [0.3, 0.4) is 0 Å².